The van der Waals surface area contributed by atoms with Gasteiger partial charge in [-0.05, 0) is 31.2 Å². The Morgan fingerprint density at radius 1 is 1.16 bits per heavy atom. The van der Waals surface area contributed by atoms with Crippen molar-refractivity contribution in [2.24, 2.45) is 0 Å². The van der Waals surface area contributed by atoms with E-state index in [1.54, 1.807) is 13.0 Å². The van der Waals surface area contributed by atoms with E-state index in [0.29, 0.717) is 18.4 Å². The summed E-state index contributed by atoms with van der Waals surface area (Å²) >= 11 is 0. The highest BCUT2D eigenvalue weighted by molar-refractivity contribution is 5.32. The molecule has 102 valence electrons. The molecule has 0 bridgehead atoms. The summed E-state index contributed by atoms with van der Waals surface area (Å²) < 4.78 is 45.4. The fourth-order valence-corrected chi connectivity index (χ4v) is 1.99. The molecule has 2 aromatic rings. The van der Waals surface area contributed by atoms with E-state index in [9.17, 15) is 13.2 Å². The van der Waals surface area contributed by atoms with Crippen molar-refractivity contribution in [2.75, 3.05) is 6.54 Å². The number of rotatable bonds is 4. The van der Waals surface area contributed by atoms with Crippen molar-refractivity contribution in [2.45, 2.75) is 19.9 Å². The van der Waals surface area contributed by atoms with Gasteiger partial charge in [0.2, 0.25) is 0 Å². The van der Waals surface area contributed by atoms with Crippen molar-refractivity contribution in [1.29, 1.82) is 0 Å². The summed E-state index contributed by atoms with van der Waals surface area (Å²) in [5.41, 5.74) is 0.842. The van der Waals surface area contributed by atoms with Crippen LogP contribution in [0.2, 0.25) is 0 Å². The van der Waals surface area contributed by atoms with Gasteiger partial charge in [-0.3, -0.25) is 0 Å². The van der Waals surface area contributed by atoms with Gasteiger partial charge in [-0.15, -0.1) is 0 Å². The molecule has 0 amide bonds. The van der Waals surface area contributed by atoms with E-state index in [4.69, 9.17) is 4.42 Å². The van der Waals surface area contributed by atoms with Crippen LogP contribution < -0.4 is 5.32 Å². The van der Waals surface area contributed by atoms with Crippen LogP contribution in [0.5, 0.6) is 0 Å². The highest BCUT2D eigenvalue weighted by atomic mass is 19.2. The highest BCUT2D eigenvalue weighted by Gasteiger charge is 2.23. The second kappa shape index (κ2) is 5.48. The second-order valence-electron chi connectivity index (χ2n) is 4.25. The molecule has 1 N–H and O–H groups in total. The van der Waals surface area contributed by atoms with E-state index >= 15 is 0 Å². The summed E-state index contributed by atoms with van der Waals surface area (Å²) in [6.07, 6.45) is 1.48. The first-order valence-corrected chi connectivity index (χ1v) is 5.96. The van der Waals surface area contributed by atoms with Crippen molar-refractivity contribution in [3.8, 4) is 0 Å². The molecular weight excluding hydrogens is 255 g/mol. The molecule has 0 fully saturated rings. The molecule has 0 aliphatic carbocycles. The molecule has 1 unspecified atom stereocenters. The zero-order chi connectivity index (χ0) is 14.0. The van der Waals surface area contributed by atoms with Crippen molar-refractivity contribution in [1.82, 2.24) is 5.32 Å². The third-order valence-electron chi connectivity index (χ3n) is 2.92. The summed E-state index contributed by atoms with van der Waals surface area (Å²) in [6.45, 7) is 4.17. The van der Waals surface area contributed by atoms with Crippen molar-refractivity contribution in [3.05, 3.63) is 58.8 Å². The number of furan rings is 1. The minimum atomic E-state index is -1.20. The normalized spacial score (nSPS) is 12.7. The second-order valence-corrected chi connectivity index (χ2v) is 4.25. The highest BCUT2D eigenvalue weighted by Crippen LogP contribution is 2.28. The number of halogens is 3. The SMILES string of the molecule is CCNC(c1cc(F)c(F)cc1F)c1occc1C. The zero-order valence-corrected chi connectivity index (χ0v) is 10.6. The van der Waals surface area contributed by atoms with E-state index in [-0.39, 0.29) is 5.56 Å². The van der Waals surface area contributed by atoms with Gasteiger partial charge in [-0.2, -0.15) is 0 Å². The first-order chi connectivity index (χ1) is 9.04. The Balaban J connectivity index is 2.51. The molecule has 1 aromatic carbocycles. The fourth-order valence-electron chi connectivity index (χ4n) is 1.99. The van der Waals surface area contributed by atoms with Gasteiger partial charge in [0, 0.05) is 11.6 Å². The van der Waals surface area contributed by atoms with Gasteiger partial charge in [0.25, 0.3) is 0 Å². The molecule has 0 radical (unpaired) electrons. The molecule has 2 rings (SSSR count). The van der Waals surface area contributed by atoms with Gasteiger partial charge >= 0.3 is 0 Å². The van der Waals surface area contributed by atoms with E-state index in [2.05, 4.69) is 5.32 Å². The first kappa shape index (κ1) is 13.7. The van der Waals surface area contributed by atoms with E-state index in [1.165, 1.54) is 6.26 Å². The Morgan fingerprint density at radius 2 is 1.84 bits per heavy atom. The Hall–Kier alpha value is -1.75. The van der Waals surface area contributed by atoms with Gasteiger partial charge in [0.1, 0.15) is 11.6 Å². The van der Waals surface area contributed by atoms with Crippen LogP contribution in [0.25, 0.3) is 0 Å². The van der Waals surface area contributed by atoms with Crippen molar-refractivity contribution in [3.63, 3.8) is 0 Å². The predicted octanol–water partition coefficient (Wildman–Crippen LogP) is 3.70. The topological polar surface area (TPSA) is 25.2 Å². The molecule has 19 heavy (non-hydrogen) atoms. The summed E-state index contributed by atoms with van der Waals surface area (Å²) in [5.74, 6) is -2.59. The maximum atomic E-state index is 13.8. The molecule has 0 aliphatic rings. The van der Waals surface area contributed by atoms with Crippen LogP contribution >= 0.6 is 0 Å². The van der Waals surface area contributed by atoms with Crippen LogP contribution in [0.1, 0.15) is 29.9 Å². The van der Waals surface area contributed by atoms with Gasteiger partial charge in [0.15, 0.2) is 11.6 Å². The number of hydrogen-bond donors (Lipinski definition) is 1. The maximum absolute atomic E-state index is 13.8. The quantitative estimate of drug-likeness (QED) is 0.856. The maximum Gasteiger partial charge on any atom is 0.161 e. The minimum Gasteiger partial charge on any atom is -0.467 e. The molecule has 1 heterocycles. The molecular formula is C14H14F3NO. The van der Waals surface area contributed by atoms with Gasteiger partial charge < -0.3 is 9.73 Å². The van der Waals surface area contributed by atoms with Crippen molar-refractivity contribution < 1.29 is 17.6 Å². The Bertz CT molecular complexity index is 580. The number of benzene rings is 1. The van der Waals surface area contributed by atoms with E-state index in [0.717, 1.165) is 11.6 Å². The Kier molecular flexibility index (Phi) is 3.95. The third-order valence-corrected chi connectivity index (χ3v) is 2.92. The number of nitrogens with one attached hydrogen (secondary N) is 1. The largest absolute Gasteiger partial charge is 0.467 e. The van der Waals surface area contributed by atoms with Crippen LogP contribution in [-0.2, 0) is 0 Å². The lowest BCUT2D eigenvalue weighted by atomic mass is 10.0. The lowest BCUT2D eigenvalue weighted by Crippen LogP contribution is -2.23. The van der Waals surface area contributed by atoms with E-state index < -0.39 is 23.5 Å². The standard InChI is InChI=1S/C14H14F3NO/c1-3-18-13(14-8(2)4-5-19-14)9-6-11(16)12(17)7-10(9)15/h4-7,13,18H,3H2,1-2H3. The number of aryl methyl sites for hydroxylation is 1. The fraction of sp³-hybridized carbons (Fsp3) is 0.286. The van der Waals surface area contributed by atoms with Crippen LogP contribution in [0.15, 0.2) is 28.9 Å². The van der Waals surface area contributed by atoms with Crippen LogP contribution in [0.3, 0.4) is 0 Å². The van der Waals surface area contributed by atoms with Gasteiger partial charge in [0.05, 0.1) is 12.3 Å². The lowest BCUT2D eigenvalue weighted by Gasteiger charge is -2.18. The third kappa shape index (κ3) is 2.66. The minimum absolute atomic E-state index is 0.0267. The van der Waals surface area contributed by atoms with Crippen LogP contribution in [0.4, 0.5) is 13.2 Å². The monoisotopic (exact) mass is 269 g/mol. The van der Waals surface area contributed by atoms with Crippen molar-refractivity contribution >= 4 is 0 Å². The summed E-state index contributed by atoms with van der Waals surface area (Å²) in [6, 6.07) is 2.50. The van der Waals surface area contributed by atoms with Crippen LogP contribution in [-0.4, -0.2) is 6.54 Å². The average Bonchev–Trinajstić information content (AvgIpc) is 2.77. The molecule has 2 nitrogen and oxygen atoms in total. The molecule has 0 aliphatic heterocycles. The zero-order valence-electron chi connectivity index (χ0n) is 10.6. The predicted molar refractivity (Wildman–Crippen MR) is 65.3 cm³/mol. The summed E-state index contributed by atoms with van der Waals surface area (Å²) in [4.78, 5) is 0. The van der Waals surface area contributed by atoms with Gasteiger partial charge in [-0.25, -0.2) is 13.2 Å². The summed E-state index contributed by atoms with van der Waals surface area (Å²) in [7, 11) is 0. The first-order valence-electron chi connectivity index (χ1n) is 5.96. The number of hydrogen-bond acceptors (Lipinski definition) is 2. The summed E-state index contributed by atoms with van der Waals surface area (Å²) in [5, 5.41) is 3.01. The average molecular weight is 269 g/mol. The molecule has 5 heteroatoms. The molecule has 0 spiro atoms. The molecule has 0 saturated carbocycles. The molecule has 1 aromatic heterocycles. The smallest absolute Gasteiger partial charge is 0.161 e. The van der Waals surface area contributed by atoms with Gasteiger partial charge in [-0.1, -0.05) is 6.92 Å². The lowest BCUT2D eigenvalue weighted by molar-refractivity contribution is 0.431. The molecule has 1 atom stereocenters. The Morgan fingerprint density at radius 3 is 2.42 bits per heavy atom. The van der Waals surface area contributed by atoms with E-state index in [1.807, 2.05) is 6.92 Å². The van der Waals surface area contributed by atoms with Crippen LogP contribution in [0, 0.1) is 24.4 Å². The Labute approximate surface area is 109 Å². The molecule has 0 saturated heterocycles.